The number of hydrogen-bond acceptors (Lipinski definition) is 2. The Balaban J connectivity index is 2.45. The summed E-state index contributed by atoms with van der Waals surface area (Å²) in [4.78, 5) is 3.17. The molecule has 0 bridgehead atoms. The van der Waals surface area contributed by atoms with Gasteiger partial charge in [-0.15, -0.1) is 0 Å². The van der Waals surface area contributed by atoms with E-state index in [0.717, 1.165) is 12.5 Å². The van der Waals surface area contributed by atoms with E-state index < -0.39 is 0 Å². The molecule has 0 aliphatic carbocycles. The lowest BCUT2D eigenvalue weighted by Crippen LogP contribution is -2.44. The third-order valence-electron chi connectivity index (χ3n) is 3.24. The molecule has 0 aromatic carbocycles. The molecule has 2 N–H and O–H groups in total. The van der Waals surface area contributed by atoms with E-state index in [1.165, 1.54) is 19.4 Å². The van der Waals surface area contributed by atoms with Crippen molar-refractivity contribution in [3.63, 3.8) is 0 Å². The van der Waals surface area contributed by atoms with E-state index in [2.05, 4.69) is 25.7 Å². The van der Waals surface area contributed by atoms with Crippen LogP contribution in [0, 0.1) is 11.8 Å². The van der Waals surface area contributed by atoms with Crippen LogP contribution in [0.1, 0.15) is 33.6 Å². The predicted molar refractivity (Wildman–Crippen MR) is 65.4 cm³/mol. The summed E-state index contributed by atoms with van der Waals surface area (Å²) >= 11 is 5.01. The van der Waals surface area contributed by atoms with E-state index in [9.17, 15) is 0 Å². The van der Waals surface area contributed by atoms with Gasteiger partial charge in [0.1, 0.15) is 0 Å². The van der Waals surface area contributed by atoms with E-state index in [4.69, 9.17) is 18.0 Å². The summed E-state index contributed by atoms with van der Waals surface area (Å²) < 4.78 is 0. The van der Waals surface area contributed by atoms with E-state index in [0.29, 0.717) is 16.9 Å². The largest absolute Gasteiger partial charge is 0.393 e. The van der Waals surface area contributed by atoms with Crippen molar-refractivity contribution < 1.29 is 0 Å². The highest BCUT2D eigenvalue weighted by atomic mass is 32.1. The first-order valence-electron chi connectivity index (χ1n) is 5.54. The van der Waals surface area contributed by atoms with E-state index in [1.54, 1.807) is 0 Å². The molecule has 0 radical (unpaired) electrons. The van der Waals surface area contributed by atoms with Gasteiger partial charge in [-0.25, -0.2) is 0 Å². The van der Waals surface area contributed by atoms with Gasteiger partial charge in [-0.05, 0) is 25.7 Å². The normalized spacial score (nSPS) is 31.4. The Bertz CT molecular complexity index is 205. The minimum Gasteiger partial charge on any atom is -0.393 e. The SMILES string of the molecule is CC1CCC(C)N(CC(C)C(N)=S)C1. The molecule has 0 spiro atoms. The van der Waals surface area contributed by atoms with Crippen molar-refractivity contribution in [1.29, 1.82) is 0 Å². The van der Waals surface area contributed by atoms with Crippen LogP contribution in [-0.2, 0) is 0 Å². The fraction of sp³-hybridized carbons (Fsp3) is 0.909. The number of thiocarbonyl (C=S) groups is 1. The first kappa shape index (κ1) is 11.9. The van der Waals surface area contributed by atoms with Crippen molar-refractivity contribution in [2.45, 2.75) is 39.7 Å². The molecule has 0 aromatic heterocycles. The van der Waals surface area contributed by atoms with Crippen molar-refractivity contribution in [2.24, 2.45) is 17.6 Å². The highest BCUT2D eigenvalue weighted by Crippen LogP contribution is 2.22. The van der Waals surface area contributed by atoms with Gasteiger partial charge in [0.05, 0.1) is 4.99 Å². The Labute approximate surface area is 92.8 Å². The maximum absolute atomic E-state index is 5.64. The predicted octanol–water partition coefficient (Wildman–Crippen LogP) is 2.03. The zero-order valence-electron chi connectivity index (χ0n) is 9.49. The minimum atomic E-state index is 0.345. The Morgan fingerprint density at radius 1 is 1.50 bits per heavy atom. The van der Waals surface area contributed by atoms with Gasteiger partial charge in [-0.3, -0.25) is 4.90 Å². The van der Waals surface area contributed by atoms with Gasteiger partial charge < -0.3 is 5.73 Å². The molecule has 3 heteroatoms. The average Bonchev–Trinajstić information content (AvgIpc) is 2.11. The third kappa shape index (κ3) is 3.21. The summed E-state index contributed by atoms with van der Waals surface area (Å²) in [6.45, 7) is 8.98. The first-order chi connectivity index (χ1) is 6.50. The van der Waals surface area contributed by atoms with Crippen molar-refractivity contribution >= 4 is 17.2 Å². The monoisotopic (exact) mass is 214 g/mol. The Hall–Kier alpha value is -0.150. The minimum absolute atomic E-state index is 0.345. The topological polar surface area (TPSA) is 29.3 Å². The molecule has 3 atom stereocenters. The molecular weight excluding hydrogens is 192 g/mol. The summed E-state index contributed by atoms with van der Waals surface area (Å²) in [5.41, 5.74) is 5.64. The lowest BCUT2D eigenvalue weighted by Gasteiger charge is -2.38. The fourth-order valence-corrected chi connectivity index (χ4v) is 2.15. The van der Waals surface area contributed by atoms with Crippen LogP contribution in [0.2, 0.25) is 0 Å². The molecule has 1 saturated heterocycles. The second kappa shape index (κ2) is 5.08. The van der Waals surface area contributed by atoms with Gasteiger partial charge in [0, 0.05) is 25.0 Å². The van der Waals surface area contributed by atoms with Crippen LogP contribution in [0.25, 0.3) is 0 Å². The second-order valence-electron chi connectivity index (χ2n) is 4.79. The molecule has 1 fully saturated rings. The second-order valence-corrected chi connectivity index (χ2v) is 5.26. The molecule has 0 saturated carbocycles. The summed E-state index contributed by atoms with van der Waals surface area (Å²) in [5, 5.41) is 0. The van der Waals surface area contributed by atoms with Gasteiger partial charge >= 0.3 is 0 Å². The zero-order valence-corrected chi connectivity index (χ0v) is 10.3. The summed E-state index contributed by atoms with van der Waals surface area (Å²) in [6.07, 6.45) is 2.67. The van der Waals surface area contributed by atoms with Crippen LogP contribution in [-0.4, -0.2) is 29.0 Å². The average molecular weight is 214 g/mol. The standard InChI is InChI=1S/C11H22N2S/c1-8-4-5-10(3)13(6-8)7-9(2)11(12)14/h8-10H,4-7H2,1-3H3,(H2,12,14). The molecule has 1 aliphatic rings. The molecule has 1 rings (SSSR count). The molecule has 1 aliphatic heterocycles. The lowest BCUT2D eigenvalue weighted by atomic mass is 9.94. The zero-order chi connectivity index (χ0) is 10.7. The number of nitrogens with two attached hydrogens (primary N) is 1. The number of rotatable bonds is 3. The number of piperidine rings is 1. The number of likely N-dealkylation sites (tertiary alicyclic amines) is 1. The molecule has 14 heavy (non-hydrogen) atoms. The van der Waals surface area contributed by atoms with Crippen LogP contribution < -0.4 is 5.73 Å². The highest BCUT2D eigenvalue weighted by Gasteiger charge is 2.24. The van der Waals surface area contributed by atoms with Gasteiger partial charge in [-0.2, -0.15) is 0 Å². The van der Waals surface area contributed by atoms with Gasteiger partial charge in [0.2, 0.25) is 0 Å². The third-order valence-corrected chi connectivity index (χ3v) is 3.64. The maximum Gasteiger partial charge on any atom is 0.0768 e. The smallest absolute Gasteiger partial charge is 0.0768 e. The van der Waals surface area contributed by atoms with Gasteiger partial charge in [-0.1, -0.05) is 26.1 Å². The first-order valence-corrected chi connectivity index (χ1v) is 5.95. The molecule has 3 unspecified atom stereocenters. The Morgan fingerprint density at radius 2 is 2.14 bits per heavy atom. The summed E-state index contributed by atoms with van der Waals surface area (Å²) in [7, 11) is 0. The van der Waals surface area contributed by atoms with Crippen molar-refractivity contribution in [3.05, 3.63) is 0 Å². The fourth-order valence-electron chi connectivity index (χ4n) is 2.08. The van der Waals surface area contributed by atoms with Crippen LogP contribution in [0.3, 0.4) is 0 Å². The number of hydrogen-bond donors (Lipinski definition) is 1. The molecule has 82 valence electrons. The summed E-state index contributed by atoms with van der Waals surface area (Å²) in [5.74, 6) is 1.17. The van der Waals surface area contributed by atoms with Crippen molar-refractivity contribution in [1.82, 2.24) is 4.90 Å². The molecule has 1 heterocycles. The van der Waals surface area contributed by atoms with E-state index >= 15 is 0 Å². The van der Waals surface area contributed by atoms with Gasteiger partial charge in [0.15, 0.2) is 0 Å². The molecule has 0 aromatic rings. The lowest BCUT2D eigenvalue weighted by molar-refractivity contribution is 0.118. The highest BCUT2D eigenvalue weighted by molar-refractivity contribution is 7.80. The van der Waals surface area contributed by atoms with Crippen LogP contribution >= 0.6 is 12.2 Å². The maximum atomic E-state index is 5.64. The van der Waals surface area contributed by atoms with Crippen LogP contribution in [0.5, 0.6) is 0 Å². The van der Waals surface area contributed by atoms with Crippen LogP contribution in [0.15, 0.2) is 0 Å². The molecular formula is C11H22N2S. The Kier molecular flexibility index (Phi) is 4.32. The van der Waals surface area contributed by atoms with Gasteiger partial charge in [0.25, 0.3) is 0 Å². The summed E-state index contributed by atoms with van der Waals surface area (Å²) in [6, 6.07) is 0.697. The van der Waals surface area contributed by atoms with Crippen LogP contribution in [0.4, 0.5) is 0 Å². The number of nitrogens with zero attached hydrogens (tertiary/aromatic N) is 1. The van der Waals surface area contributed by atoms with Crippen molar-refractivity contribution in [2.75, 3.05) is 13.1 Å². The Morgan fingerprint density at radius 3 is 2.71 bits per heavy atom. The molecule has 2 nitrogen and oxygen atoms in total. The van der Waals surface area contributed by atoms with E-state index in [1.807, 2.05) is 0 Å². The van der Waals surface area contributed by atoms with E-state index in [-0.39, 0.29) is 0 Å². The quantitative estimate of drug-likeness (QED) is 0.729. The molecule has 0 amide bonds. The van der Waals surface area contributed by atoms with Crippen molar-refractivity contribution in [3.8, 4) is 0 Å².